The summed E-state index contributed by atoms with van der Waals surface area (Å²) in [4.78, 5) is 4.20. The molecule has 104 valence electrons. The molecule has 3 nitrogen and oxygen atoms in total. The standard InChI is InChI=1S/C17H21N3/c1-13(2)12-20-17(18)19-11-10-15-8-5-7-14-6-3-4-9-16(14)15/h3-9H,1,10-12H2,2H3,(H3,18,19,20). The Morgan fingerprint density at radius 2 is 1.95 bits per heavy atom. The summed E-state index contributed by atoms with van der Waals surface area (Å²) in [5, 5.41) is 5.71. The van der Waals surface area contributed by atoms with Gasteiger partial charge in [0.1, 0.15) is 0 Å². The molecule has 0 radical (unpaired) electrons. The van der Waals surface area contributed by atoms with Crippen LogP contribution in [0.4, 0.5) is 0 Å². The van der Waals surface area contributed by atoms with Crippen LogP contribution in [0.2, 0.25) is 0 Å². The van der Waals surface area contributed by atoms with Crippen LogP contribution in [-0.4, -0.2) is 19.0 Å². The number of aliphatic imine (C=N–C) groups is 1. The van der Waals surface area contributed by atoms with E-state index in [1.54, 1.807) is 0 Å². The Bertz CT molecular complexity index is 624. The molecule has 0 spiro atoms. The topological polar surface area (TPSA) is 50.4 Å². The maximum Gasteiger partial charge on any atom is 0.188 e. The lowest BCUT2D eigenvalue weighted by molar-refractivity contribution is 0.856. The second-order valence-electron chi connectivity index (χ2n) is 4.97. The zero-order valence-electron chi connectivity index (χ0n) is 11.9. The minimum absolute atomic E-state index is 0.480. The second-order valence-corrected chi connectivity index (χ2v) is 4.97. The number of fused-ring (bicyclic) bond motifs is 1. The number of nitrogens with two attached hydrogens (primary N) is 1. The highest BCUT2D eigenvalue weighted by Gasteiger charge is 2.00. The van der Waals surface area contributed by atoms with Crippen LogP contribution < -0.4 is 11.1 Å². The molecule has 0 aliphatic carbocycles. The molecule has 0 bridgehead atoms. The van der Waals surface area contributed by atoms with E-state index in [2.05, 4.69) is 59.4 Å². The van der Waals surface area contributed by atoms with E-state index in [1.807, 2.05) is 6.92 Å². The second kappa shape index (κ2) is 6.75. The van der Waals surface area contributed by atoms with Gasteiger partial charge in [-0.2, -0.15) is 0 Å². The van der Waals surface area contributed by atoms with Crippen molar-refractivity contribution in [3.8, 4) is 0 Å². The van der Waals surface area contributed by atoms with Gasteiger partial charge in [-0.3, -0.25) is 0 Å². The number of hydrogen-bond donors (Lipinski definition) is 2. The summed E-state index contributed by atoms with van der Waals surface area (Å²) < 4.78 is 0. The normalized spacial score (nSPS) is 11.6. The lowest BCUT2D eigenvalue weighted by atomic mass is 10.0. The zero-order chi connectivity index (χ0) is 14.4. The van der Waals surface area contributed by atoms with Crippen molar-refractivity contribution in [2.75, 3.05) is 13.1 Å². The number of rotatable bonds is 5. The van der Waals surface area contributed by atoms with Crippen LogP contribution in [0.5, 0.6) is 0 Å². The average Bonchev–Trinajstić information content (AvgIpc) is 2.45. The maximum absolute atomic E-state index is 5.80. The summed E-state index contributed by atoms with van der Waals surface area (Å²) in [5.74, 6) is 0.480. The molecule has 0 fully saturated rings. The molecular formula is C17H21N3. The fourth-order valence-corrected chi connectivity index (χ4v) is 2.11. The van der Waals surface area contributed by atoms with Crippen LogP contribution in [-0.2, 0) is 6.42 Å². The third-order valence-electron chi connectivity index (χ3n) is 3.10. The van der Waals surface area contributed by atoms with E-state index >= 15 is 0 Å². The van der Waals surface area contributed by atoms with Gasteiger partial charge in [0, 0.05) is 6.54 Å². The monoisotopic (exact) mass is 267 g/mol. The van der Waals surface area contributed by atoms with Crippen LogP contribution >= 0.6 is 0 Å². The molecule has 0 saturated heterocycles. The number of benzene rings is 2. The molecule has 20 heavy (non-hydrogen) atoms. The zero-order valence-corrected chi connectivity index (χ0v) is 11.9. The van der Waals surface area contributed by atoms with Gasteiger partial charge in [0.15, 0.2) is 5.96 Å². The molecule has 0 aliphatic rings. The van der Waals surface area contributed by atoms with Crippen molar-refractivity contribution < 1.29 is 0 Å². The van der Waals surface area contributed by atoms with Gasteiger partial charge in [-0.25, -0.2) is 4.99 Å². The molecule has 0 atom stereocenters. The summed E-state index contributed by atoms with van der Waals surface area (Å²) in [6, 6.07) is 14.8. The summed E-state index contributed by atoms with van der Waals surface area (Å²) in [5.41, 5.74) is 8.12. The van der Waals surface area contributed by atoms with Crippen molar-refractivity contribution in [2.45, 2.75) is 13.3 Å². The van der Waals surface area contributed by atoms with Crippen molar-refractivity contribution in [1.82, 2.24) is 5.32 Å². The van der Waals surface area contributed by atoms with Gasteiger partial charge in [-0.15, -0.1) is 0 Å². The molecule has 3 N–H and O–H groups in total. The average molecular weight is 267 g/mol. The SMILES string of the molecule is C=C(C)CN=C(N)NCCc1cccc2ccccc12. The van der Waals surface area contributed by atoms with E-state index < -0.39 is 0 Å². The minimum Gasteiger partial charge on any atom is -0.370 e. The molecule has 0 saturated carbocycles. The number of guanidine groups is 1. The molecule has 0 unspecified atom stereocenters. The van der Waals surface area contributed by atoms with Crippen LogP contribution in [0, 0.1) is 0 Å². The highest BCUT2D eigenvalue weighted by atomic mass is 15.1. The fourth-order valence-electron chi connectivity index (χ4n) is 2.11. The minimum atomic E-state index is 0.480. The number of nitrogens with one attached hydrogen (secondary N) is 1. The van der Waals surface area contributed by atoms with Crippen molar-refractivity contribution in [1.29, 1.82) is 0 Å². The van der Waals surface area contributed by atoms with Crippen LogP contribution in [0.3, 0.4) is 0 Å². The first-order valence-corrected chi connectivity index (χ1v) is 6.81. The Labute approximate surface area is 120 Å². The molecule has 3 heteroatoms. The largest absolute Gasteiger partial charge is 0.370 e. The van der Waals surface area contributed by atoms with Gasteiger partial charge in [-0.05, 0) is 29.7 Å². The predicted octanol–water partition coefficient (Wildman–Crippen LogP) is 2.86. The third-order valence-corrected chi connectivity index (χ3v) is 3.10. The fraction of sp³-hybridized carbons (Fsp3) is 0.235. The Morgan fingerprint density at radius 3 is 2.75 bits per heavy atom. The molecule has 0 amide bonds. The lowest BCUT2D eigenvalue weighted by Gasteiger charge is -2.08. The third kappa shape index (κ3) is 3.85. The smallest absolute Gasteiger partial charge is 0.188 e. The molecule has 2 aromatic rings. The van der Waals surface area contributed by atoms with Gasteiger partial charge in [-0.1, -0.05) is 54.6 Å². The van der Waals surface area contributed by atoms with Gasteiger partial charge in [0.2, 0.25) is 0 Å². The Hall–Kier alpha value is -2.29. The predicted molar refractivity (Wildman–Crippen MR) is 87.0 cm³/mol. The molecule has 2 rings (SSSR count). The molecule has 2 aromatic carbocycles. The van der Waals surface area contributed by atoms with Gasteiger partial charge < -0.3 is 11.1 Å². The summed E-state index contributed by atoms with van der Waals surface area (Å²) >= 11 is 0. The summed E-state index contributed by atoms with van der Waals surface area (Å²) in [6.07, 6.45) is 0.921. The first-order chi connectivity index (χ1) is 9.66. The van der Waals surface area contributed by atoms with Crippen LogP contribution in [0.1, 0.15) is 12.5 Å². The lowest BCUT2D eigenvalue weighted by Crippen LogP contribution is -2.33. The van der Waals surface area contributed by atoms with Gasteiger partial charge >= 0.3 is 0 Å². The maximum atomic E-state index is 5.80. The van der Waals surface area contributed by atoms with Gasteiger partial charge in [0.05, 0.1) is 6.54 Å². The van der Waals surface area contributed by atoms with Crippen molar-refractivity contribution in [3.05, 3.63) is 60.2 Å². The van der Waals surface area contributed by atoms with Crippen molar-refractivity contribution >= 4 is 16.7 Å². The molecule has 0 aliphatic heterocycles. The first kappa shape index (κ1) is 14.1. The first-order valence-electron chi connectivity index (χ1n) is 6.81. The number of nitrogens with zero attached hydrogens (tertiary/aromatic N) is 1. The van der Waals surface area contributed by atoms with Crippen molar-refractivity contribution in [3.63, 3.8) is 0 Å². The van der Waals surface area contributed by atoms with Crippen LogP contribution in [0.25, 0.3) is 10.8 Å². The summed E-state index contributed by atoms with van der Waals surface area (Å²) in [7, 11) is 0. The Kier molecular flexibility index (Phi) is 4.77. The van der Waals surface area contributed by atoms with E-state index in [-0.39, 0.29) is 0 Å². The Balaban J connectivity index is 1.96. The molecule has 0 aromatic heterocycles. The quantitative estimate of drug-likeness (QED) is 0.497. The number of hydrogen-bond acceptors (Lipinski definition) is 1. The van der Waals surface area contributed by atoms with E-state index in [4.69, 9.17) is 5.73 Å². The Morgan fingerprint density at radius 1 is 1.20 bits per heavy atom. The van der Waals surface area contributed by atoms with E-state index in [1.165, 1.54) is 16.3 Å². The molecule has 0 heterocycles. The van der Waals surface area contributed by atoms with E-state index in [0.717, 1.165) is 18.5 Å². The summed E-state index contributed by atoms with van der Waals surface area (Å²) in [6.45, 7) is 7.09. The van der Waals surface area contributed by atoms with E-state index in [9.17, 15) is 0 Å². The van der Waals surface area contributed by atoms with Gasteiger partial charge in [0.25, 0.3) is 0 Å². The molecular weight excluding hydrogens is 246 g/mol. The van der Waals surface area contributed by atoms with Crippen LogP contribution in [0.15, 0.2) is 59.6 Å². The highest BCUT2D eigenvalue weighted by molar-refractivity contribution is 5.85. The van der Waals surface area contributed by atoms with Crippen molar-refractivity contribution in [2.24, 2.45) is 10.7 Å². The van der Waals surface area contributed by atoms with E-state index in [0.29, 0.717) is 12.5 Å². The highest BCUT2D eigenvalue weighted by Crippen LogP contribution is 2.18.